The van der Waals surface area contributed by atoms with Crippen LogP contribution < -0.4 is 0 Å². The van der Waals surface area contributed by atoms with E-state index in [-0.39, 0.29) is 22.9 Å². The second-order valence-corrected chi connectivity index (χ2v) is 15.0. The Labute approximate surface area is 214 Å². The van der Waals surface area contributed by atoms with Crippen LogP contribution in [0.1, 0.15) is 120 Å². The van der Waals surface area contributed by atoms with E-state index in [1.54, 1.807) is 6.92 Å². The molecule has 0 aliphatic heterocycles. The van der Waals surface area contributed by atoms with E-state index < -0.39 is 6.10 Å². The van der Waals surface area contributed by atoms with Crippen LogP contribution in [0.4, 0.5) is 0 Å². The topological polar surface area (TPSA) is 46.5 Å². The van der Waals surface area contributed by atoms with Gasteiger partial charge < -0.3 is 9.84 Å². The Bertz CT molecular complexity index is 900. The van der Waals surface area contributed by atoms with Crippen molar-refractivity contribution in [2.24, 2.45) is 50.7 Å². The van der Waals surface area contributed by atoms with E-state index in [0.29, 0.717) is 28.6 Å². The van der Waals surface area contributed by atoms with Crippen LogP contribution in [0.3, 0.4) is 0 Å². The van der Waals surface area contributed by atoms with Crippen molar-refractivity contribution < 1.29 is 14.6 Å². The molecule has 0 aromatic rings. The van der Waals surface area contributed by atoms with E-state index in [4.69, 9.17) is 4.74 Å². The highest BCUT2D eigenvalue weighted by molar-refractivity contribution is 5.66. The molecule has 3 nitrogen and oxygen atoms in total. The van der Waals surface area contributed by atoms with Gasteiger partial charge >= 0.3 is 5.97 Å². The molecule has 2 spiro atoms. The predicted octanol–water partition coefficient (Wildman–Crippen LogP) is 7.71. The van der Waals surface area contributed by atoms with Gasteiger partial charge in [0.05, 0.1) is 6.10 Å². The molecule has 0 amide bonds. The second kappa shape index (κ2) is 8.08. The van der Waals surface area contributed by atoms with E-state index in [1.807, 2.05) is 0 Å². The largest absolute Gasteiger partial charge is 0.462 e. The molecule has 0 bridgehead atoms. The number of aliphatic hydroxyl groups is 1. The molecule has 1 N–H and O–H groups in total. The van der Waals surface area contributed by atoms with Crippen molar-refractivity contribution in [3.63, 3.8) is 0 Å². The van der Waals surface area contributed by atoms with Gasteiger partial charge in [0.25, 0.3) is 0 Å². The maximum Gasteiger partial charge on any atom is 0.302 e. The summed E-state index contributed by atoms with van der Waals surface area (Å²) in [4.78, 5) is 12.2. The fraction of sp³-hybridized carbons (Fsp3) is 0.906. The van der Waals surface area contributed by atoms with Crippen LogP contribution in [0, 0.1) is 50.7 Å². The zero-order valence-electron chi connectivity index (χ0n) is 23.9. The number of aliphatic hydroxyl groups excluding tert-OH is 1. The van der Waals surface area contributed by atoms with Gasteiger partial charge in [-0.25, -0.2) is 0 Å². The van der Waals surface area contributed by atoms with Gasteiger partial charge in [0.1, 0.15) is 6.10 Å². The molecular formula is C32H52O3. The van der Waals surface area contributed by atoms with E-state index in [9.17, 15) is 9.90 Å². The number of rotatable bonds is 5. The third kappa shape index (κ3) is 3.28. The van der Waals surface area contributed by atoms with Gasteiger partial charge in [-0.3, -0.25) is 4.79 Å². The SMILES string of the molecule is CC(=O)O[C@H]1C[C@H](O)C(C)(C)[C@@H]2CC[C@H]3[C@]4(CC[C@]5(C)[C@@H]([C@@H](C)CCC=C(C)C)CC[C@@]35C)C[C@]124. The summed E-state index contributed by atoms with van der Waals surface area (Å²) in [6.07, 6.45) is 14.1. The highest BCUT2D eigenvalue weighted by Gasteiger charge is 2.85. The Hall–Kier alpha value is -0.830. The first kappa shape index (κ1) is 25.8. The maximum absolute atomic E-state index is 12.2. The molecule has 5 aliphatic carbocycles. The molecule has 10 atom stereocenters. The molecule has 5 saturated carbocycles. The summed E-state index contributed by atoms with van der Waals surface area (Å²) in [5, 5.41) is 11.1. The summed E-state index contributed by atoms with van der Waals surface area (Å²) in [7, 11) is 0. The zero-order valence-corrected chi connectivity index (χ0v) is 23.9. The highest BCUT2D eigenvalue weighted by atomic mass is 16.5. The van der Waals surface area contributed by atoms with Crippen LogP contribution in [0.15, 0.2) is 11.6 Å². The monoisotopic (exact) mass is 484 g/mol. The molecule has 0 radical (unpaired) electrons. The lowest BCUT2D eigenvalue weighted by molar-refractivity contribution is -0.207. The smallest absolute Gasteiger partial charge is 0.302 e. The van der Waals surface area contributed by atoms with Crippen molar-refractivity contribution in [2.45, 2.75) is 132 Å². The van der Waals surface area contributed by atoms with Crippen LogP contribution in [-0.2, 0) is 9.53 Å². The lowest BCUT2D eigenvalue weighted by Gasteiger charge is -2.64. The number of hydrogen-bond acceptors (Lipinski definition) is 3. The van der Waals surface area contributed by atoms with Crippen molar-refractivity contribution in [1.82, 2.24) is 0 Å². The Kier molecular flexibility index (Phi) is 5.96. The average molecular weight is 485 g/mol. The van der Waals surface area contributed by atoms with Gasteiger partial charge in [-0.15, -0.1) is 0 Å². The van der Waals surface area contributed by atoms with Crippen LogP contribution in [0.25, 0.3) is 0 Å². The second-order valence-electron chi connectivity index (χ2n) is 15.0. The normalized spacial score (nSPS) is 50.1. The third-order valence-corrected chi connectivity index (χ3v) is 13.3. The summed E-state index contributed by atoms with van der Waals surface area (Å²) >= 11 is 0. The van der Waals surface area contributed by atoms with Crippen LogP contribution in [0.5, 0.6) is 0 Å². The Morgan fingerprint density at radius 1 is 1.00 bits per heavy atom. The number of esters is 1. The zero-order chi connectivity index (χ0) is 25.6. The first-order valence-corrected chi connectivity index (χ1v) is 14.7. The summed E-state index contributed by atoms with van der Waals surface area (Å²) in [5.74, 6) is 2.60. The molecule has 198 valence electrons. The fourth-order valence-electron chi connectivity index (χ4n) is 11.4. The number of fused-ring (bicyclic) bond motifs is 2. The van der Waals surface area contributed by atoms with Gasteiger partial charge in [-0.05, 0) is 117 Å². The van der Waals surface area contributed by atoms with E-state index >= 15 is 0 Å². The standard InChI is InChI=1S/C32H52O3/c1-20(2)10-9-11-21(3)23-14-15-30(8)25-13-12-24-28(5,6)26(34)18-27(35-22(4)33)32(24)19-31(25,32)17-16-29(23,30)7/h10,21,23-27,34H,9,11-19H2,1-8H3/t21-,23+,24-,25+,26-,27-,29+,30-,31-,32+/m0/s1. The third-order valence-electron chi connectivity index (χ3n) is 13.3. The van der Waals surface area contributed by atoms with Crippen LogP contribution >= 0.6 is 0 Å². The molecule has 0 aromatic carbocycles. The van der Waals surface area contributed by atoms with E-state index in [1.165, 1.54) is 63.4 Å². The van der Waals surface area contributed by atoms with Crippen LogP contribution in [0.2, 0.25) is 0 Å². The predicted molar refractivity (Wildman–Crippen MR) is 142 cm³/mol. The molecule has 5 fully saturated rings. The van der Waals surface area contributed by atoms with E-state index in [2.05, 4.69) is 54.5 Å². The highest BCUT2D eigenvalue weighted by Crippen LogP contribution is 2.89. The number of allylic oxidation sites excluding steroid dienone is 2. The molecule has 5 aliphatic rings. The lowest BCUT2D eigenvalue weighted by Crippen LogP contribution is -2.61. The minimum Gasteiger partial charge on any atom is -0.462 e. The molecule has 0 heterocycles. The molecule has 3 heteroatoms. The Morgan fingerprint density at radius 3 is 2.34 bits per heavy atom. The quantitative estimate of drug-likeness (QED) is 0.321. The lowest BCUT2D eigenvalue weighted by atomic mass is 9.41. The first-order valence-electron chi connectivity index (χ1n) is 14.7. The molecular weight excluding hydrogens is 432 g/mol. The van der Waals surface area contributed by atoms with Crippen molar-refractivity contribution in [1.29, 1.82) is 0 Å². The van der Waals surface area contributed by atoms with Crippen molar-refractivity contribution in [3.8, 4) is 0 Å². The first-order chi connectivity index (χ1) is 16.3. The van der Waals surface area contributed by atoms with Crippen molar-refractivity contribution >= 4 is 5.97 Å². The fourth-order valence-corrected chi connectivity index (χ4v) is 11.4. The summed E-state index contributed by atoms with van der Waals surface area (Å²) < 4.78 is 6.10. The summed E-state index contributed by atoms with van der Waals surface area (Å²) in [5.41, 5.74) is 2.51. The van der Waals surface area contributed by atoms with Crippen molar-refractivity contribution in [2.75, 3.05) is 0 Å². The summed E-state index contributed by atoms with van der Waals surface area (Å²) in [6.45, 7) is 18.4. The minimum absolute atomic E-state index is 0.0851. The van der Waals surface area contributed by atoms with Gasteiger partial charge in [0, 0.05) is 18.8 Å². The maximum atomic E-state index is 12.2. The molecule has 0 saturated heterocycles. The van der Waals surface area contributed by atoms with Gasteiger partial charge in [-0.2, -0.15) is 0 Å². The van der Waals surface area contributed by atoms with E-state index in [0.717, 1.165) is 17.8 Å². The van der Waals surface area contributed by atoms with Gasteiger partial charge in [0.2, 0.25) is 0 Å². The number of hydrogen-bond donors (Lipinski definition) is 1. The molecule has 0 unspecified atom stereocenters. The number of carbonyl (C=O) groups is 1. The van der Waals surface area contributed by atoms with Crippen molar-refractivity contribution in [3.05, 3.63) is 11.6 Å². The molecule has 0 aromatic heterocycles. The molecule has 5 rings (SSSR count). The van der Waals surface area contributed by atoms with Crippen LogP contribution in [-0.4, -0.2) is 23.3 Å². The minimum atomic E-state index is -0.390. The van der Waals surface area contributed by atoms with Gasteiger partial charge in [0.15, 0.2) is 0 Å². The number of carbonyl (C=O) groups excluding carboxylic acids is 1. The van der Waals surface area contributed by atoms with Gasteiger partial charge in [-0.1, -0.05) is 46.3 Å². The Balaban J connectivity index is 1.46. The molecule has 35 heavy (non-hydrogen) atoms. The average Bonchev–Trinajstić information content (AvgIpc) is 3.36. The summed E-state index contributed by atoms with van der Waals surface area (Å²) in [6, 6.07) is 0. The Morgan fingerprint density at radius 2 is 1.69 bits per heavy atom. The number of ether oxygens (including phenoxy) is 1.